The Morgan fingerprint density at radius 3 is 3.00 bits per heavy atom. The van der Waals surface area contributed by atoms with E-state index in [1.807, 2.05) is 7.05 Å². The Kier molecular flexibility index (Phi) is 5.09. The monoisotopic (exact) mass is 182 g/mol. The number of likely N-dealkylation sites (N-methyl/N-ethyl adjacent to an activating group) is 1. The van der Waals surface area contributed by atoms with Crippen LogP contribution in [0.15, 0.2) is 12.2 Å². The average Bonchev–Trinajstić information content (AvgIpc) is 2.57. The molecule has 2 N–H and O–H groups in total. The van der Waals surface area contributed by atoms with E-state index in [-0.39, 0.29) is 0 Å². The summed E-state index contributed by atoms with van der Waals surface area (Å²) in [5, 5.41) is 6.68. The molecule has 0 fully saturated rings. The van der Waals surface area contributed by atoms with Gasteiger partial charge in [0.2, 0.25) is 0 Å². The molecule has 0 heterocycles. The number of nitrogens with one attached hydrogen (secondary N) is 2. The van der Waals surface area contributed by atoms with E-state index in [9.17, 15) is 0 Å². The largest absolute Gasteiger partial charge is 0.318 e. The maximum atomic E-state index is 3.51. The Morgan fingerprint density at radius 2 is 2.38 bits per heavy atom. The molecule has 0 saturated carbocycles. The molecule has 0 radical (unpaired) electrons. The third-order valence-electron chi connectivity index (χ3n) is 2.63. The summed E-state index contributed by atoms with van der Waals surface area (Å²) in [7, 11) is 2.00. The summed E-state index contributed by atoms with van der Waals surface area (Å²) in [4.78, 5) is 0. The molecule has 0 spiro atoms. The molecule has 0 amide bonds. The van der Waals surface area contributed by atoms with Crippen LogP contribution >= 0.6 is 0 Å². The summed E-state index contributed by atoms with van der Waals surface area (Å²) in [6, 6.07) is 0.593. The van der Waals surface area contributed by atoms with Crippen LogP contribution < -0.4 is 10.6 Å². The van der Waals surface area contributed by atoms with Gasteiger partial charge in [0, 0.05) is 12.6 Å². The van der Waals surface area contributed by atoms with E-state index in [1.54, 1.807) is 0 Å². The van der Waals surface area contributed by atoms with Gasteiger partial charge in [-0.2, -0.15) is 0 Å². The highest BCUT2D eigenvalue weighted by Crippen LogP contribution is 2.19. The third kappa shape index (κ3) is 4.44. The lowest BCUT2D eigenvalue weighted by molar-refractivity contribution is 0.476. The van der Waals surface area contributed by atoms with Gasteiger partial charge in [-0.05, 0) is 45.7 Å². The van der Waals surface area contributed by atoms with E-state index < -0.39 is 0 Å². The average molecular weight is 182 g/mol. The molecule has 1 rings (SSSR count). The van der Waals surface area contributed by atoms with Gasteiger partial charge in [-0.25, -0.2) is 0 Å². The molecule has 2 nitrogen and oxygen atoms in total. The molecular weight excluding hydrogens is 160 g/mol. The zero-order valence-corrected chi connectivity index (χ0v) is 8.84. The second-order valence-corrected chi connectivity index (χ2v) is 3.97. The maximum absolute atomic E-state index is 3.51. The van der Waals surface area contributed by atoms with E-state index in [1.165, 1.54) is 19.3 Å². The topological polar surface area (TPSA) is 24.1 Å². The van der Waals surface area contributed by atoms with Crippen molar-refractivity contribution in [2.75, 3.05) is 20.1 Å². The van der Waals surface area contributed by atoms with Gasteiger partial charge in [0.15, 0.2) is 0 Å². The van der Waals surface area contributed by atoms with Gasteiger partial charge in [0.05, 0.1) is 0 Å². The summed E-state index contributed by atoms with van der Waals surface area (Å²) < 4.78 is 0. The van der Waals surface area contributed by atoms with Crippen LogP contribution in [0, 0.1) is 5.92 Å². The normalized spacial score (nSPS) is 23.7. The standard InChI is InChI=1S/C11H22N2/c1-10(9-12-2)13-8-7-11-5-3-4-6-11/h3,5,10-13H,4,6-9H2,1-2H3. The molecule has 2 unspecified atom stereocenters. The van der Waals surface area contributed by atoms with Gasteiger partial charge in [0.25, 0.3) is 0 Å². The minimum absolute atomic E-state index is 0.593. The molecular formula is C11H22N2. The van der Waals surface area contributed by atoms with E-state index in [2.05, 4.69) is 29.7 Å². The number of rotatable bonds is 6. The van der Waals surface area contributed by atoms with Crippen LogP contribution in [0.1, 0.15) is 26.2 Å². The van der Waals surface area contributed by atoms with Gasteiger partial charge in [-0.1, -0.05) is 12.2 Å². The van der Waals surface area contributed by atoms with Crippen LogP contribution in [-0.4, -0.2) is 26.2 Å². The van der Waals surface area contributed by atoms with Crippen LogP contribution in [0.25, 0.3) is 0 Å². The molecule has 0 aromatic carbocycles. The van der Waals surface area contributed by atoms with Crippen molar-refractivity contribution in [3.8, 4) is 0 Å². The molecule has 2 atom stereocenters. The minimum atomic E-state index is 0.593. The summed E-state index contributed by atoms with van der Waals surface area (Å²) in [5.41, 5.74) is 0. The highest BCUT2D eigenvalue weighted by atomic mass is 15.0. The van der Waals surface area contributed by atoms with E-state index in [0.29, 0.717) is 6.04 Å². The van der Waals surface area contributed by atoms with Crippen LogP contribution in [0.5, 0.6) is 0 Å². The first kappa shape index (κ1) is 10.7. The second-order valence-electron chi connectivity index (χ2n) is 3.97. The minimum Gasteiger partial charge on any atom is -0.318 e. The summed E-state index contributed by atoms with van der Waals surface area (Å²) in [5.74, 6) is 0.842. The Morgan fingerprint density at radius 1 is 1.54 bits per heavy atom. The van der Waals surface area contributed by atoms with Gasteiger partial charge in [-0.3, -0.25) is 0 Å². The predicted octanol–water partition coefficient (Wildman–Crippen LogP) is 1.54. The molecule has 2 heteroatoms. The SMILES string of the molecule is CNCC(C)NCCC1C=CCC1. The molecule has 1 aliphatic rings. The molecule has 0 saturated heterocycles. The van der Waals surface area contributed by atoms with Crippen LogP contribution in [0.3, 0.4) is 0 Å². The first-order valence-corrected chi connectivity index (χ1v) is 5.37. The molecule has 1 aliphatic carbocycles. The molecule has 0 aromatic rings. The first-order valence-electron chi connectivity index (χ1n) is 5.37. The summed E-state index contributed by atoms with van der Waals surface area (Å²) in [6.07, 6.45) is 8.62. The van der Waals surface area contributed by atoms with Crippen molar-refractivity contribution in [2.24, 2.45) is 5.92 Å². The smallest absolute Gasteiger partial charge is 0.0164 e. The summed E-state index contributed by atoms with van der Waals surface area (Å²) in [6.45, 7) is 4.43. The highest BCUT2D eigenvalue weighted by molar-refractivity contribution is 4.96. The van der Waals surface area contributed by atoms with Crippen molar-refractivity contribution in [3.05, 3.63) is 12.2 Å². The quantitative estimate of drug-likeness (QED) is 0.609. The van der Waals surface area contributed by atoms with Crippen molar-refractivity contribution < 1.29 is 0 Å². The second kappa shape index (κ2) is 6.17. The Balaban J connectivity index is 1.96. The fraction of sp³-hybridized carbons (Fsp3) is 0.818. The fourth-order valence-corrected chi connectivity index (χ4v) is 1.83. The van der Waals surface area contributed by atoms with E-state index in [0.717, 1.165) is 19.0 Å². The fourth-order valence-electron chi connectivity index (χ4n) is 1.83. The first-order chi connectivity index (χ1) is 6.33. The van der Waals surface area contributed by atoms with Gasteiger partial charge < -0.3 is 10.6 Å². The third-order valence-corrected chi connectivity index (χ3v) is 2.63. The lowest BCUT2D eigenvalue weighted by atomic mass is 10.1. The van der Waals surface area contributed by atoms with Gasteiger partial charge in [-0.15, -0.1) is 0 Å². The van der Waals surface area contributed by atoms with Crippen molar-refractivity contribution in [1.82, 2.24) is 10.6 Å². The van der Waals surface area contributed by atoms with Crippen molar-refractivity contribution >= 4 is 0 Å². The lowest BCUT2D eigenvalue weighted by Crippen LogP contribution is -2.35. The zero-order chi connectivity index (χ0) is 9.52. The maximum Gasteiger partial charge on any atom is 0.0164 e. The van der Waals surface area contributed by atoms with Crippen molar-refractivity contribution in [2.45, 2.75) is 32.2 Å². The van der Waals surface area contributed by atoms with Crippen LogP contribution in [0.2, 0.25) is 0 Å². The molecule has 0 bridgehead atoms. The summed E-state index contributed by atoms with van der Waals surface area (Å²) >= 11 is 0. The molecule has 76 valence electrons. The van der Waals surface area contributed by atoms with Crippen molar-refractivity contribution in [3.63, 3.8) is 0 Å². The molecule has 13 heavy (non-hydrogen) atoms. The van der Waals surface area contributed by atoms with Crippen molar-refractivity contribution in [1.29, 1.82) is 0 Å². The number of hydrogen-bond donors (Lipinski definition) is 2. The van der Waals surface area contributed by atoms with E-state index in [4.69, 9.17) is 0 Å². The lowest BCUT2D eigenvalue weighted by Gasteiger charge is -2.14. The Hall–Kier alpha value is -0.340. The van der Waals surface area contributed by atoms with Crippen LogP contribution in [0.4, 0.5) is 0 Å². The zero-order valence-electron chi connectivity index (χ0n) is 8.84. The van der Waals surface area contributed by atoms with Crippen LogP contribution in [-0.2, 0) is 0 Å². The predicted molar refractivity (Wildman–Crippen MR) is 57.9 cm³/mol. The van der Waals surface area contributed by atoms with Gasteiger partial charge in [0.1, 0.15) is 0 Å². The Labute approximate surface area is 81.8 Å². The number of allylic oxidation sites excluding steroid dienone is 2. The molecule has 0 aliphatic heterocycles. The van der Waals surface area contributed by atoms with Gasteiger partial charge >= 0.3 is 0 Å². The Bertz CT molecular complexity index is 154. The highest BCUT2D eigenvalue weighted by Gasteiger charge is 2.08. The number of hydrogen-bond acceptors (Lipinski definition) is 2. The van der Waals surface area contributed by atoms with E-state index >= 15 is 0 Å². The molecule has 0 aromatic heterocycles.